The number of hydrogen-bond donors (Lipinski definition) is 1. The molecule has 6 heteroatoms. The first-order valence-corrected chi connectivity index (χ1v) is 7.68. The Labute approximate surface area is 140 Å². The minimum Gasteiger partial charge on any atom is -0.477 e. The Morgan fingerprint density at radius 2 is 2.04 bits per heavy atom. The van der Waals surface area contributed by atoms with Crippen molar-refractivity contribution in [3.05, 3.63) is 59.5 Å². The summed E-state index contributed by atoms with van der Waals surface area (Å²) < 4.78 is 24.9. The highest BCUT2D eigenvalue weighted by molar-refractivity contribution is 5.96. The van der Waals surface area contributed by atoms with E-state index in [4.69, 9.17) is 9.47 Å². The van der Waals surface area contributed by atoms with Gasteiger partial charge in [0.15, 0.2) is 0 Å². The van der Waals surface area contributed by atoms with E-state index in [1.807, 2.05) is 6.92 Å². The predicted octanol–water partition coefficient (Wildman–Crippen LogP) is 2.91. The van der Waals surface area contributed by atoms with Crippen LogP contribution in [0.2, 0.25) is 0 Å². The Balaban J connectivity index is 2.16. The molecule has 1 amide bonds. The summed E-state index contributed by atoms with van der Waals surface area (Å²) in [6.07, 6.45) is 1.56. The Kier molecular flexibility index (Phi) is 5.87. The van der Waals surface area contributed by atoms with Gasteiger partial charge in [-0.25, -0.2) is 9.37 Å². The third-order valence-electron chi connectivity index (χ3n) is 3.78. The van der Waals surface area contributed by atoms with Gasteiger partial charge in [-0.2, -0.15) is 0 Å². The number of nitrogens with one attached hydrogen (secondary N) is 1. The molecule has 0 bridgehead atoms. The molecule has 1 heterocycles. The summed E-state index contributed by atoms with van der Waals surface area (Å²) in [6.45, 7) is 4.04. The SMILES string of the molecule is CCOc1ncccc1C(=O)NCC(C)(OC)c1ccccc1F. The molecule has 1 atom stereocenters. The summed E-state index contributed by atoms with van der Waals surface area (Å²) in [7, 11) is 1.48. The van der Waals surface area contributed by atoms with Crippen molar-refractivity contribution in [2.75, 3.05) is 20.3 Å². The van der Waals surface area contributed by atoms with Crippen LogP contribution in [0, 0.1) is 5.82 Å². The number of pyridine rings is 1. The van der Waals surface area contributed by atoms with Gasteiger partial charge in [0.1, 0.15) is 17.0 Å². The summed E-state index contributed by atoms with van der Waals surface area (Å²) in [6, 6.07) is 9.62. The third-order valence-corrected chi connectivity index (χ3v) is 3.78. The molecule has 1 aromatic carbocycles. The van der Waals surface area contributed by atoms with E-state index in [9.17, 15) is 9.18 Å². The lowest BCUT2D eigenvalue weighted by molar-refractivity contribution is 0.000355. The highest BCUT2D eigenvalue weighted by Crippen LogP contribution is 2.26. The van der Waals surface area contributed by atoms with E-state index < -0.39 is 5.60 Å². The molecule has 128 valence electrons. The van der Waals surface area contributed by atoms with Crippen molar-refractivity contribution in [2.45, 2.75) is 19.4 Å². The maximum Gasteiger partial charge on any atom is 0.256 e. The van der Waals surface area contributed by atoms with E-state index in [2.05, 4.69) is 10.3 Å². The number of aromatic nitrogens is 1. The van der Waals surface area contributed by atoms with Gasteiger partial charge in [0.25, 0.3) is 5.91 Å². The van der Waals surface area contributed by atoms with Gasteiger partial charge >= 0.3 is 0 Å². The quantitative estimate of drug-likeness (QED) is 0.847. The second kappa shape index (κ2) is 7.88. The fourth-order valence-electron chi connectivity index (χ4n) is 2.33. The highest BCUT2D eigenvalue weighted by atomic mass is 19.1. The summed E-state index contributed by atoms with van der Waals surface area (Å²) in [5.74, 6) is -0.471. The second-order valence-corrected chi connectivity index (χ2v) is 5.39. The molecule has 0 aliphatic heterocycles. The van der Waals surface area contributed by atoms with Crippen LogP contribution in [0.15, 0.2) is 42.6 Å². The fraction of sp³-hybridized carbons (Fsp3) is 0.333. The Morgan fingerprint density at radius 3 is 2.71 bits per heavy atom. The molecule has 1 unspecified atom stereocenters. The number of benzene rings is 1. The van der Waals surface area contributed by atoms with Crippen molar-refractivity contribution in [3.8, 4) is 5.88 Å². The summed E-state index contributed by atoms with van der Waals surface area (Å²) in [4.78, 5) is 16.5. The van der Waals surface area contributed by atoms with Crippen LogP contribution in [0.4, 0.5) is 4.39 Å². The zero-order valence-corrected chi connectivity index (χ0v) is 14.0. The molecule has 0 saturated carbocycles. The lowest BCUT2D eigenvalue weighted by atomic mass is 9.95. The standard InChI is InChI=1S/C18H21FN2O3/c1-4-24-17-13(8-7-11-20-17)16(22)21-12-18(2,23-3)14-9-5-6-10-15(14)19/h5-11H,4,12H2,1-3H3,(H,21,22). The second-order valence-electron chi connectivity index (χ2n) is 5.39. The van der Waals surface area contributed by atoms with Crippen molar-refractivity contribution >= 4 is 5.91 Å². The van der Waals surface area contributed by atoms with Crippen LogP contribution in [0.1, 0.15) is 29.8 Å². The summed E-state index contributed by atoms with van der Waals surface area (Å²) >= 11 is 0. The van der Waals surface area contributed by atoms with Crippen LogP contribution in [-0.2, 0) is 10.3 Å². The van der Waals surface area contributed by atoms with Gasteiger partial charge < -0.3 is 14.8 Å². The highest BCUT2D eigenvalue weighted by Gasteiger charge is 2.30. The number of ether oxygens (including phenoxy) is 2. The molecule has 0 aliphatic rings. The molecular formula is C18H21FN2O3. The zero-order valence-electron chi connectivity index (χ0n) is 14.0. The zero-order chi connectivity index (χ0) is 17.6. The van der Waals surface area contributed by atoms with Crippen molar-refractivity contribution in [1.29, 1.82) is 0 Å². The average Bonchev–Trinajstić information content (AvgIpc) is 2.60. The van der Waals surface area contributed by atoms with Crippen LogP contribution in [0.5, 0.6) is 5.88 Å². The minimum atomic E-state index is -0.991. The number of halogens is 1. The van der Waals surface area contributed by atoms with Gasteiger partial charge in [0, 0.05) is 18.9 Å². The van der Waals surface area contributed by atoms with Crippen molar-refractivity contribution in [3.63, 3.8) is 0 Å². The fourth-order valence-corrected chi connectivity index (χ4v) is 2.33. The average molecular weight is 332 g/mol. The van der Waals surface area contributed by atoms with Gasteiger partial charge in [-0.05, 0) is 32.0 Å². The molecule has 2 rings (SSSR count). The number of carbonyl (C=O) groups excluding carboxylic acids is 1. The largest absolute Gasteiger partial charge is 0.477 e. The number of nitrogens with zero attached hydrogens (tertiary/aromatic N) is 1. The molecule has 0 aliphatic carbocycles. The number of carbonyl (C=O) groups is 1. The van der Waals surface area contributed by atoms with Crippen molar-refractivity contribution in [2.24, 2.45) is 0 Å². The summed E-state index contributed by atoms with van der Waals surface area (Å²) in [5.41, 5.74) is -0.287. The molecule has 1 aromatic heterocycles. The monoisotopic (exact) mass is 332 g/mol. The topological polar surface area (TPSA) is 60.5 Å². The lowest BCUT2D eigenvalue weighted by Gasteiger charge is -2.29. The molecule has 24 heavy (non-hydrogen) atoms. The van der Waals surface area contributed by atoms with E-state index in [1.165, 1.54) is 13.2 Å². The minimum absolute atomic E-state index is 0.101. The van der Waals surface area contributed by atoms with Gasteiger partial charge in [-0.1, -0.05) is 18.2 Å². The molecule has 0 radical (unpaired) electrons. The molecule has 5 nitrogen and oxygen atoms in total. The van der Waals surface area contributed by atoms with E-state index >= 15 is 0 Å². The first-order chi connectivity index (χ1) is 11.5. The van der Waals surface area contributed by atoms with Gasteiger partial charge in [0.05, 0.1) is 13.2 Å². The van der Waals surface area contributed by atoms with Gasteiger partial charge in [-0.15, -0.1) is 0 Å². The van der Waals surface area contributed by atoms with Crippen LogP contribution < -0.4 is 10.1 Å². The normalized spacial score (nSPS) is 13.2. The molecule has 2 aromatic rings. The maximum absolute atomic E-state index is 14.1. The lowest BCUT2D eigenvalue weighted by Crippen LogP contribution is -2.40. The van der Waals surface area contributed by atoms with E-state index in [0.717, 1.165) is 0 Å². The summed E-state index contributed by atoms with van der Waals surface area (Å²) in [5, 5.41) is 2.76. The molecule has 0 spiro atoms. The Morgan fingerprint density at radius 1 is 1.29 bits per heavy atom. The molecule has 0 fully saturated rings. The van der Waals surface area contributed by atoms with Crippen LogP contribution in [0.3, 0.4) is 0 Å². The first-order valence-electron chi connectivity index (χ1n) is 7.68. The van der Waals surface area contributed by atoms with E-state index in [0.29, 0.717) is 17.7 Å². The number of methoxy groups -OCH3 is 1. The number of amides is 1. The predicted molar refractivity (Wildman–Crippen MR) is 88.5 cm³/mol. The molecule has 0 saturated heterocycles. The number of hydrogen-bond acceptors (Lipinski definition) is 4. The number of rotatable bonds is 7. The Hall–Kier alpha value is -2.47. The van der Waals surface area contributed by atoms with Crippen molar-refractivity contribution in [1.82, 2.24) is 10.3 Å². The Bertz CT molecular complexity index is 708. The first kappa shape index (κ1) is 17.9. The van der Waals surface area contributed by atoms with Gasteiger partial charge in [-0.3, -0.25) is 4.79 Å². The maximum atomic E-state index is 14.1. The molecule has 1 N–H and O–H groups in total. The third kappa shape index (κ3) is 3.89. The van der Waals surface area contributed by atoms with Crippen LogP contribution >= 0.6 is 0 Å². The van der Waals surface area contributed by atoms with E-state index in [1.54, 1.807) is 43.5 Å². The van der Waals surface area contributed by atoms with Gasteiger partial charge in [0.2, 0.25) is 5.88 Å². The van der Waals surface area contributed by atoms with Crippen LogP contribution in [-0.4, -0.2) is 31.2 Å². The van der Waals surface area contributed by atoms with Crippen LogP contribution in [0.25, 0.3) is 0 Å². The smallest absolute Gasteiger partial charge is 0.256 e. The van der Waals surface area contributed by atoms with Crippen molar-refractivity contribution < 1.29 is 18.7 Å². The van der Waals surface area contributed by atoms with E-state index in [-0.39, 0.29) is 24.1 Å². The molecular weight excluding hydrogens is 311 g/mol.